The number of nitrogens with zero attached hydrogens (tertiary/aromatic N) is 5. The summed E-state index contributed by atoms with van der Waals surface area (Å²) in [5.74, 6) is -3.31. The van der Waals surface area contributed by atoms with E-state index in [0.29, 0.717) is 36.5 Å². The fourth-order valence-corrected chi connectivity index (χ4v) is 10.1. The zero-order valence-electron chi connectivity index (χ0n) is 30.0. The number of aryl methyl sites for hydroxylation is 1. The summed E-state index contributed by atoms with van der Waals surface area (Å²) in [6.45, 7) is 4.16. The van der Waals surface area contributed by atoms with E-state index >= 15 is 8.78 Å². The number of rotatable bonds is 8. The normalized spacial score (nSPS) is 22.2. The Morgan fingerprint density at radius 1 is 1.00 bits per heavy atom. The first-order chi connectivity index (χ1) is 24.7. The van der Waals surface area contributed by atoms with Gasteiger partial charge < -0.3 is 23.9 Å². The number of piperazine rings is 1. The number of carbonyl (C=O) groups is 2. The van der Waals surface area contributed by atoms with Crippen molar-refractivity contribution in [1.29, 1.82) is 0 Å². The molecule has 0 unspecified atom stereocenters. The van der Waals surface area contributed by atoms with Crippen molar-refractivity contribution < 1.29 is 35.9 Å². The number of hydrogen-bond acceptors (Lipinski definition) is 10. The molecule has 1 N–H and O–H groups in total. The Morgan fingerprint density at radius 2 is 1.69 bits per heavy atom. The van der Waals surface area contributed by atoms with Gasteiger partial charge in [-0.25, -0.2) is 18.3 Å². The molecule has 4 aliphatic heterocycles. The number of amides is 2. The number of anilines is 2. The minimum Gasteiger partial charge on any atom is -0.422 e. The highest BCUT2D eigenvalue weighted by atomic mass is 32.2. The molecule has 4 aliphatic rings. The molecule has 1 atom stereocenters. The molecule has 5 heterocycles. The van der Waals surface area contributed by atoms with Crippen LogP contribution < -0.4 is 20.1 Å². The Bertz CT molecular complexity index is 2110. The van der Waals surface area contributed by atoms with Gasteiger partial charge in [0.15, 0.2) is 0 Å². The molecule has 280 valence electrons. The number of hydrogen-bond donors (Lipinski definition) is 1. The molecule has 2 aromatic carbocycles. The number of halogens is 2. The molecule has 2 bridgehead atoms. The minimum absolute atomic E-state index is 0.0666. The Balaban J connectivity index is 1.15. The highest BCUT2D eigenvalue weighted by Gasteiger charge is 2.47. The molecule has 0 radical (unpaired) electrons. The van der Waals surface area contributed by atoms with Crippen LogP contribution in [0.15, 0.2) is 27.4 Å². The summed E-state index contributed by atoms with van der Waals surface area (Å²) < 4.78 is 72.7. The van der Waals surface area contributed by atoms with E-state index in [0.717, 1.165) is 38.3 Å². The van der Waals surface area contributed by atoms with Gasteiger partial charge in [-0.1, -0.05) is 0 Å². The predicted octanol–water partition coefficient (Wildman–Crippen LogP) is 3.01. The van der Waals surface area contributed by atoms with Gasteiger partial charge in [0.25, 0.3) is 11.8 Å². The fourth-order valence-electron chi connectivity index (χ4n) is 8.47. The molecule has 3 fully saturated rings. The Hall–Kier alpha value is -4.12. The highest BCUT2D eigenvalue weighted by Crippen LogP contribution is 2.40. The molecule has 3 aromatic rings. The van der Waals surface area contributed by atoms with E-state index in [4.69, 9.17) is 9.15 Å². The van der Waals surface area contributed by atoms with Crippen molar-refractivity contribution in [3.8, 4) is 0 Å². The van der Waals surface area contributed by atoms with Crippen LogP contribution in [0.3, 0.4) is 0 Å². The SMILES string of the molecule is COC[C@H]1CN(c2cc(F)c3c4c(c(=O)oc3c2C)CN(C(=O)c2cc(N(C)C)c(C(=O)NS(=O)(=O)N3C5CCC3CC5)cc2F)CC4)CCN1C. The molecule has 7 rings (SSSR count). The van der Waals surface area contributed by atoms with Gasteiger partial charge in [0.1, 0.15) is 17.2 Å². The molecule has 1 aromatic heterocycles. The lowest BCUT2D eigenvalue weighted by Gasteiger charge is -2.41. The first-order valence-electron chi connectivity index (χ1n) is 17.6. The number of benzene rings is 2. The summed E-state index contributed by atoms with van der Waals surface area (Å²) in [7, 11) is 2.67. The number of ether oxygens (including phenoxy) is 1. The van der Waals surface area contributed by atoms with E-state index in [1.54, 1.807) is 28.1 Å². The van der Waals surface area contributed by atoms with Crippen molar-refractivity contribution in [3.05, 3.63) is 68.1 Å². The van der Waals surface area contributed by atoms with Crippen LogP contribution in [0.1, 0.15) is 63.1 Å². The van der Waals surface area contributed by atoms with Gasteiger partial charge >= 0.3 is 15.8 Å². The second kappa shape index (κ2) is 13.7. The Labute approximate surface area is 301 Å². The van der Waals surface area contributed by atoms with Crippen molar-refractivity contribution >= 4 is 44.4 Å². The lowest BCUT2D eigenvalue weighted by Crippen LogP contribution is -2.53. The van der Waals surface area contributed by atoms with E-state index < -0.39 is 39.3 Å². The molecular weight excluding hydrogens is 698 g/mol. The summed E-state index contributed by atoms with van der Waals surface area (Å²) in [4.78, 5) is 47.6. The van der Waals surface area contributed by atoms with Gasteiger partial charge in [-0.3, -0.25) is 14.5 Å². The van der Waals surface area contributed by atoms with Crippen LogP contribution in [0.25, 0.3) is 11.0 Å². The molecule has 3 saturated heterocycles. The maximum Gasteiger partial charge on any atom is 0.341 e. The van der Waals surface area contributed by atoms with Crippen LogP contribution in [0.5, 0.6) is 0 Å². The van der Waals surface area contributed by atoms with Gasteiger partial charge in [-0.05, 0) is 69.8 Å². The average molecular weight is 743 g/mol. The third kappa shape index (κ3) is 6.22. The van der Waals surface area contributed by atoms with Crippen molar-refractivity contribution in [1.82, 2.24) is 18.8 Å². The summed E-state index contributed by atoms with van der Waals surface area (Å²) in [5.41, 5.74) is 0.822. The summed E-state index contributed by atoms with van der Waals surface area (Å²) in [6.07, 6.45) is 3.05. The lowest BCUT2D eigenvalue weighted by atomic mass is 9.94. The van der Waals surface area contributed by atoms with Crippen LogP contribution in [-0.2, 0) is 27.9 Å². The molecule has 13 nitrogen and oxygen atoms in total. The van der Waals surface area contributed by atoms with E-state index in [1.165, 1.54) is 26.2 Å². The Kier molecular flexibility index (Phi) is 9.55. The van der Waals surface area contributed by atoms with Crippen LogP contribution in [0, 0.1) is 18.6 Å². The van der Waals surface area contributed by atoms with Crippen molar-refractivity contribution in [3.63, 3.8) is 0 Å². The summed E-state index contributed by atoms with van der Waals surface area (Å²) in [5, 5.41) is 0.193. The zero-order chi connectivity index (χ0) is 37.2. The van der Waals surface area contributed by atoms with Gasteiger partial charge in [0, 0.05) is 70.7 Å². The van der Waals surface area contributed by atoms with Gasteiger partial charge in [0.05, 0.1) is 47.0 Å². The average Bonchev–Trinajstić information content (AvgIpc) is 3.72. The molecule has 0 aliphatic carbocycles. The van der Waals surface area contributed by atoms with Crippen molar-refractivity contribution in [2.75, 3.05) is 70.8 Å². The van der Waals surface area contributed by atoms with Gasteiger partial charge in [0.2, 0.25) is 0 Å². The molecular formula is C36H44F2N6O7S. The van der Waals surface area contributed by atoms with Crippen LogP contribution >= 0.6 is 0 Å². The third-order valence-electron chi connectivity index (χ3n) is 11.2. The zero-order valence-corrected chi connectivity index (χ0v) is 30.8. The third-order valence-corrected chi connectivity index (χ3v) is 12.8. The van der Waals surface area contributed by atoms with Crippen LogP contribution in [0.4, 0.5) is 20.2 Å². The highest BCUT2D eigenvalue weighted by molar-refractivity contribution is 7.87. The number of carbonyl (C=O) groups excluding carboxylic acids is 2. The summed E-state index contributed by atoms with van der Waals surface area (Å²) >= 11 is 0. The standard InChI is InChI=1S/C36H44F2N6O7S/c1-20-30(42-13-12-41(4)23(17-42)19-50-5)16-29(38)32-24-10-11-43(18-27(24)36(47)51-33(20)32)35(46)25-15-31(40(2)3)26(14-28(25)37)34(45)39-52(48,49)44-21-6-7-22(44)9-8-21/h14-16,21-23H,6-13,17-19H2,1-5H3,(H,39,45)/t21?,22?,23-/m1/s1. The first kappa shape index (κ1) is 36.2. The predicted molar refractivity (Wildman–Crippen MR) is 191 cm³/mol. The molecule has 52 heavy (non-hydrogen) atoms. The maximum absolute atomic E-state index is 16.0. The largest absolute Gasteiger partial charge is 0.422 e. The molecule has 0 spiro atoms. The van der Waals surface area contributed by atoms with Crippen molar-refractivity contribution in [2.45, 2.75) is 63.7 Å². The topological polar surface area (TPSA) is 136 Å². The number of likely N-dealkylation sites (N-methyl/N-ethyl adjacent to an activating group) is 1. The smallest absolute Gasteiger partial charge is 0.341 e. The van der Waals surface area contributed by atoms with E-state index in [-0.39, 0.29) is 71.0 Å². The van der Waals surface area contributed by atoms with Crippen LogP contribution in [-0.4, -0.2) is 114 Å². The summed E-state index contributed by atoms with van der Waals surface area (Å²) in [6, 6.07) is 3.32. The number of fused-ring (bicyclic) bond motifs is 5. The monoisotopic (exact) mass is 742 g/mol. The molecule has 2 amide bonds. The second-order valence-electron chi connectivity index (χ2n) is 14.5. The number of methoxy groups -OCH3 is 1. The second-order valence-corrected chi connectivity index (χ2v) is 16.1. The van der Waals surface area contributed by atoms with Crippen molar-refractivity contribution in [2.24, 2.45) is 0 Å². The van der Waals surface area contributed by atoms with E-state index in [9.17, 15) is 22.8 Å². The van der Waals surface area contributed by atoms with E-state index in [2.05, 4.69) is 14.5 Å². The molecule has 16 heteroatoms. The Morgan fingerprint density at radius 3 is 2.35 bits per heavy atom. The molecule has 0 saturated carbocycles. The quantitative estimate of drug-likeness (QED) is 0.344. The van der Waals surface area contributed by atoms with Gasteiger partial charge in [-0.15, -0.1) is 0 Å². The first-order valence-corrected chi connectivity index (χ1v) is 19.0. The van der Waals surface area contributed by atoms with Gasteiger partial charge in [-0.2, -0.15) is 12.7 Å². The number of nitrogens with one attached hydrogen (secondary N) is 1. The lowest BCUT2D eigenvalue weighted by molar-refractivity contribution is 0.0727. The minimum atomic E-state index is -4.17. The van der Waals surface area contributed by atoms with E-state index in [1.807, 2.05) is 7.05 Å². The fraction of sp³-hybridized carbons (Fsp3) is 0.528. The van der Waals surface area contributed by atoms with Crippen LogP contribution in [0.2, 0.25) is 0 Å². The maximum atomic E-state index is 16.0.